The van der Waals surface area contributed by atoms with E-state index in [9.17, 15) is 13.2 Å². The zero-order valence-electron chi connectivity index (χ0n) is 9.01. The van der Waals surface area contributed by atoms with Gasteiger partial charge in [-0.05, 0) is 32.4 Å². The number of rotatable bonds is 1. The van der Waals surface area contributed by atoms with Crippen molar-refractivity contribution in [1.82, 2.24) is 15.1 Å². The number of alkyl halides is 3. The predicted molar refractivity (Wildman–Crippen MR) is 53.1 cm³/mol. The van der Waals surface area contributed by atoms with Crippen LogP contribution in [0.5, 0.6) is 0 Å². The van der Waals surface area contributed by atoms with E-state index >= 15 is 0 Å². The van der Waals surface area contributed by atoms with Crippen LogP contribution in [0.3, 0.4) is 0 Å². The van der Waals surface area contributed by atoms with Crippen molar-refractivity contribution < 1.29 is 13.2 Å². The van der Waals surface area contributed by atoms with Crippen LogP contribution in [0, 0.1) is 6.92 Å². The molecule has 0 spiro atoms. The molecule has 0 aromatic carbocycles. The van der Waals surface area contributed by atoms with E-state index in [4.69, 9.17) is 0 Å². The minimum Gasteiger partial charge on any atom is -0.315 e. The van der Waals surface area contributed by atoms with Crippen molar-refractivity contribution in [3.05, 3.63) is 17.5 Å². The van der Waals surface area contributed by atoms with Crippen LogP contribution in [0.1, 0.15) is 30.3 Å². The predicted octanol–water partition coefficient (Wildman–Crippen LogP) is 2.13. The number of hydrogen-bond donors (Lipinski definition) is 1. The quantitative estimate of drug-likeness (QED) is 0.805. The molecule has 0 amide bonds. The first-order valence-corrected chi connectivity index (χ1v) is 5.32. The van der Waals surface area contributed by atoms with Crippen LogP contribution in [-0.2, 0) is 6.18 Å². The summed E-state index contributed by atoms with van der Waals surface area (Å²) in [5.74, 6) is 0. The van der Waals surface area contributed by atoms with E-state index in [1.165, 1.54) is 4.68 Å². The fraction of sp³-hybridized carbons (Fsp3) is 0.700. The molecule has 1 aromatic heterocycles. The Hall–Kier alpha value is -1.04. The van der Waals surface area contributed by atoms with Gasteiger partial charge >= 0.3 is 6.18 Å². The highest BCUT2D eigenvalue weighted by Crippen LogP contribution is 2.30. The molecule has 0 saturated carbocycles. The van der Waals surface area contributed by atoms with Gasteiger partial charge in [0.1, 0.15) is 0 Å². The summed E-state index contributed by atoms with van der Waals surface area (Å²) in [6, 6.07) is 1.15. The Kier molecular flexibility index (Phi) is 2.92. The highest BCUT2D eigenvalue weighted by Gasteiger charge is 2.35. The zero-order valence-corrected chi connectivity index (χ0v) is 9.01. The molecule has 1 aliphatic heterocycles. The van der Waals surface area contributed by atoms with Gasteiger partial charge in [0.15, 0.2) is 5.69 Å². The van der Waals surface area contributed by atoms with E-state index in [2.05, 4.69) is 10.4 Å². The number of piperidine rings is 1. The van der Waals surface area contributed by atoms with Gasteiger partial charge in [0.05, 0.1) is 6.04 Å². The molecule has 1 aromatic rings. The number of aryl methyl sites for hydroxylation is 1. The second kappa shape index (κ2) is 4.08. The fourth-order valence-corrected chi connectivity index (χ4v) is 2.04. The summed E-state index contributed by atoms with van der Waals surface area (Å²) in [4.78, 5) is 0. The van der Waals surface area contributed by atoms with Crippen LogP contribution in [0.4, 0.5) is 13.2 Å². The topological polar surface area (TPSA) is 29.9 Å². The normalized spacial score (nSPS) is 22.4. The Labute approximate surface area is 91.6 Å². The van der Waals surface area contributed by atoms with Gasteiger partial charge in [-0.2, -0.15) is 18.3 Å². The Morgan fingerprint density at radius 2 is 2.25 bits per heavy atom. The monoisotopic (exact) mass is 233 g/mol. The molecule has 2 heterocycles. The molecule has 0 radical (unpaired) electrons. The summed E-state index contributed by atoms with van der Waals surface area (Å²) in [6.07, 6.45) is -2.49. The standard InChI is InChI=1S/C10H14F3N3/c1-7-5-9(10(11,12)13)15-16(7)8-3-2-4-14-6-8/h5,8,14H,2-4,6H2,1H3/t8-/m1/s1. The van der Waals surface area contributed by atoms with E-state index in [1.807, 2.05) is 0 Å². The average molecular weight is 233 g/mol. The van der Waals surface area contributed by atoms with Crippen LogP contribution < -0.4 is 5.32 Å². The van der Waals surface area contributed by atoms with Crippen molar-refractivity contribution in [2.24, 2.45) is 0 Å². The number of nitrogens with one attached hydrogen (secondary N) is 1. The molecule has 1 fully saturated rings. The Morgan fingerprint density at radius 3 is 2.75 bits per heavy atom. The molecule has 1 aliphatic rings. The summed E-state index contributed by atoms with van der Waals surface area (Å²) in [6.45, 7) is 3.29. The molecule has 2 rings (SSSR count). The van der Waals surface area contributed by atoms with Crippen molar-refractivity contribution in [2.45, 2.75) is 32.0 Å². The fourth-order valence-electron chi connectivity index (χ4n) is 2.04. The second-order valence-corrected chi connectivity index (χ2v) is 4.11. The smallest absolute Gasteiger partial charge is 0.315 e. The molecule has 1 atom stereocenters. The third-order valence-corrected chi connectivity index (χ3v) is 2.83. The van der Waals surface area contributed by atoms with E-state index in [0.717, 1.165) is 25.5 Å². The molecule has 0 unspecified atom stereocenters. The van der Waals surface area contributed by atoms with E-state index < -0.39 is 11.9 Å². The van der Waals surface area contributed by atoms with Gasteiger partial charge in [-0.15, -0.1) is 0 Å². The molecule has 1 N–H and O–H groups in total. The van der Waals surface area contributed by atoms with Crippen molar-refractivity contribution in [3.8, 4) is 0 Å². The van der Waals surface area contributed by atoms with Crippen molar-refractivity contribution in [3.63, 3.8) is 0 Å². The lowest BCUT2D eigenvalue weighted by Crippen LogP contribution is -2.32. The summed E-state index contributed by atoms with van der Waals surface area (Å²) >= 11 is 0. The maximum absolute atomic E-state index is 12.5. The molecule has 1 saturated heterocycles. The molecule has 90 valence electrons. The van der Waals surface area contributed by atoms with Crippen molar-refractivity contribution >= 4 is 0 Å². The largest absolute Gasteiger partial charge is 0.435 e. The van der Waals surface area contributed by atoms with Gasteiger partial charge in [0.25, 0.3) is 0 Å². The first-order chi connectivity index (χ1) is 7.48. The number of aromatic nitrogens is 2. The van der Waals surface area contributed by atoms with E-state index in [1.54, 1.807) is 6.92 Å². The molecule has 3 nitrogen and oxygen atoms in total. The van der Waals surface area contributed by atoms with Crippen LogP contribution in [0.15, 0.2) is 6.07 Å². The third-order valence-electron chi connectivity index (χ3n) is 2.83. The maximum Gasteiger partial charge on any atom is 0.435 e. The van der Waals surface area contributed by atoms with Crippen molar-refractivity contribution in [1.29, 1.82) is 0 Å². The molecular formula is C10H14F3N3. The van der Waals surface area contributed by atoms with Crippen molar-refractivity contribution in [2.75, 3.05) is 13.1 Å². The minimum atomic E-state index is -4.35. The van der Waals surface area contributed by atoms with Gasteiger partial charge in [-0.3, -0.25) is 4.68 Å². The zero-order chi connectivity index (χ0) is 11.8. The lowest BCUT2D eigenvalue weighted by Gasteiger charge is -2.24. The third kappa shape index (κ3) is 2.21. The second-order valence-electron chi connectivity index (χ2n) is 4.11. The summed E-state index contributed by atoms with van der Waals surface area (Å²) in [7, 11) is 0. The Balaban J connectivity index is 2.24. The Bertz CT molecular complexity index is 364. The molecule has 6 heteroatoms. The van der Waals surface area contributed by atoms with Crippen LogP contribution >= 0.6 is 0 Å². The SMILES string of the molecule is Cc1cc(C(F)(F)F)nn1[C@@H]1CCCNC1. The number of nitrogens with zero attached hydrogens (tertiary/aromatic N) is 2. The van der Waals surface area contributed by atoms with E-state index in [-0.39, 0.29) is 6.04 Å². The summed E-state index contributed by atoms with van der Waals surface area (Å²) in [5.41, 5.74) is -0.225. The van der Waals surface area contributed by atoms with Gasteiger partial charge in [-0.1, -0.05) is 0 Å². The number of hydrogen-bond acceptors (Lipinski definition) is 2. The highest BCUT2D eigenvalue weighted by atomic mass is 19.4. The van der Waals surface area contributed by atoms with E-state index in [0.29, 0.717) is 12.2 Å². The maximum atomic E-state index is 12.5. The molecule has 16 heavy (non-hydrogen) atoms. The summed E-state index contributed by atoms with van der Waals surface area (Å²) in [5, 5.41) is 6.82. The first kappa shape index (κ1) is 11.4. The molecular weight excluding hydrogens is 219 g/mol. The minimum absolute atomic E-state index is 0.0462. The molecule has 0 aliphatic carbocycles. The van der Waals surface area contributed by atoms with Gasteiger partial charge < -0.3 is 5.32 Å². The molecule has 0 bridgehead atoms. The van der Waals surface area contributed by atoms with Crippen LogP contribution in [0.25, 0.3) is 0 Å². The van der Waals surface area contributed by atoms with Crippen LogP contribution in [0.2, 0.25) is 0 Å². The lowest BCUT2D eigenvalue weighted by molar-refractivity contribution is -0.141. The Morgan fingerprint density at radius 1 is 1.50 bits per heavy atom. The van der Waals surface area contributed by atoms with Gasteiger partial charge in [0, 0.05) is 12.2 Å². The summed E-state index contributed by atoms with van der Waals surface area (Å²) < 4.78 is 38.9. The van der Waals surface area contributed by atoms with Crippen LogP contribution in [-0.4, -0.2) is 22.9 Å². The average Bonchev–Trinajstić information content (AvgIpc) is 2.61. The highest BCUT2D eigenvalue weighted by molar-refractivity contribution is 5.12. The van der Waals surface area contributed by atoms with Gasteiger partial charge in [0.2, 0.25) is 0 Å². The number of halogens is 3. The lowest BCUT2D eigenvalue weighted by atomic mass is 10.1. The first-order valence-electron chi connectivity index (χ1n) is 5.32. The van der Waals surface area contributed by atoms with Gasteiger partial charge in [-0.25, -0.2) is 0 Å².